The molecule has 7 heteroatoms. The van der Waals surface area contributed by atoms with Crippen LogP contribution in [-0.4, -0.2) is 35.6 Å². The minimum absolute atomic E-state index is 0.0292. The van der Waals surface area contributed by atoms with Crippen molar-refractivity contribution in [3.05, 3.63) is 29.6 Å². The lowest BCUT2D eigenvalue weighted by Gasteiger charge is -2.33. The summed E-state index contributed by atoms with van der Waals surface area (Å²) >= 11 is 0. The lowest BCUT2D eigenvalue weighted by atomic mass is 9.97. The normalized spacial score (nSPS) is 17.6. The molecule has 0 spiro atoms. The number of hydrogen-bond donors (Lipinski definition) is 1. The Hall–Kier alpha value is -2.62. The number of hydrogen-bond acceptors (Lipinski definition) is 4. The van der Waals surface area contributed by atoms with Crippen LogP contribution in [0.3, 0.4) is 0 Å². The largest absolute Gasteiger partial charge is 0.444 e. The van der Waals surface area contributed by atoms with Gasteiger partial charge in [0.2, 0.25) is 5.91 Å². The van der Waals surface area contributed by atoms with E-state index in [0.717, 1.165) is 6.07 Å². The first-order valence-electron chi connectivity index (χ1n) is 8.18. The van der Waals surface area contributed by atoms with E-state index in [-0.39, 0.29) is 23.7 Å². The molecule has 25 heavy (non-hydrogen) atoms. The maximum absolute atomic E-state index is 13.8. The highest BCUT2D eigenvalue weighted by Gasteiger charge is 2.31. The summed E-state index contributed by atoms with van der Waals surface area (Å²) in [6.07, 6.45) is 0.811. The molecule has 1 heterocycles. The minimum atomic E-state index is -0.604. The van der Waals surface area contributed by atoms with Crippen LogP contribution in [0.4, 0.5) is 14.9 Å². The van der Waals surface area contributed by atoms with E-state index in [1.165, 1.54) is 17.0 Å². The zero-order valence-electron chi connectivity index (χ0n) is 14.6. The molecule has 1 aromatic rings. The van der Waals surface area contributed by atoms with Crippen molar-refractivity contribution in [2.24, 2.45) is 5.92 Å². The number of likely N-dealkylation sites (tertiary alicyclic amines) is 1. The summed E-state index contributed by atoms with van der Waals surface area (Å²) in [7, 11) is 0. The Labute approximate surface area is 146 Å². The monoisotopic (exact) mass is 347 g/mol. The van der Waals surface area contributed by atoms with Gasteiger partial charge in [0.15, 0.2) is 0 Å². The number of carbonyl (C=O) groups is 2. The third kappa shape index (κ3) is 5.18. The number of piperidine rings is 1. The van der Waals surface area contributed by atoms with E-state index in [1.807, 2.05) is 6.07 Å². The Morgan fingerprint density at radius 2 is 2.12 bits per heavy atom. The van der Waals surface area contributed by atoms with Gasteiger partial charge in [-0.15, -0.1) is 0 Å². The molecule has 0 saturated carbocycles. The summed E-state index contributed by atoms with van der Waals surface area (Å²) in [6.45, 7) is 6.09. The van der Waals surface area contributed by atoms with E-state index < -0.39 is 23.4 Å². The highest BCUT2D eigenvalue weighted by atomic mass is 19.1. The standard InChI is InChI=1S/C18H22FN3O3/c1-18(2,3)25-17(24)22-8-4-5-13(11-22)16(23)21-15-9-12(10-20)6-7-14(15)19/h6-7,9,13H,4-5,8,11H2,1-3H3,(H,21,23). The summed E-state index contributed by atoms with van der Waals surface area (Å²) in [5, 5.41) is 11.4. The fourth-order valence-corrected chi connectivity index (χ4v) is 2.61. The number of nitriles is 1. The lowest BCUT2D eigenvalue weighted by molar-refractivity contribution is -0.121. The van der Waals surface area contributed by atoms with Crippen molar-refractivity contribution in [2.75, 3.05) is 18.4 Å². The Morgan fingerprint density at radius 1 is 1.40 bits per heavy atom. The molecular weight excluding hydrogens is 325 g/mol. The molecule has 2 amide bonds. The zero-order valence-corrected chi connectivity index (χ0v) is 14.6. The number of ether oxygens (including phenoxy) is 1. The van der Waals surface area contributed by atoms with Gasteiger partial charge in [-0.25, -0.2) is 9.18 Å². The predicted octanol–water partition coefficient (Wildman–Crippen LogP) is 3.28. The van der Waals surface area contributed by atoms with Gasteiger partial charge < -0.3 is 15.0 Å². The Morgan fingerprint density at radius 3 is 2.76 bits per heavy atom. The molecule has 1 aromatic carbocycles. The van der Waals surface area contributed by atoms with Crippen LogP contribution in [0.15, 0.2) is 18.2 Å². The number of halogens is 1. The fraction of sp³-hybridized carbons (Fsp3) is 0.500. The average Bonchev–Trinajstić information content (AvgIpc) is 2.55. The second kappa shape index (κ2) is 7.51. The molecule has 1 unspecified atom stereocenters. The summed E-state index contributed by atoms with van der Waals surface area (Å²) in [5.74, 6) is -1.43. The van der Waals surface area contributed by atoms with Gasteiger partial charge in [0.05, 0.1) is 23.2 Å². The topological polar surface area (TPSA) is 82.4 Å². The number of benzene rings is 1. The summed E-state index contributed by atoms with van der Waals surface area (Å²) in [6, 6.07) is 5.68. The average molecular weight is 347 g/mol. The minimum Gasteiger partial charge on any atom is -0.444 e. The van der Waals surface area contributed by atoms with E-state index in [2.05, 4.69) is 5.32 Å². The van der Waals surface area contributed by atoms with Crippen LogP contribution in [0.5, 0.6) is 0 Å². The van der Waals surface area contributed by atoms with E-state index in [9.17, 15) is 14.0 Å². The van der Waals surface area contributed by atoms with Gasteiger partial charge in [0.1, 0.15) is 11.4 Å². The van der Waals surface area contributed by atoms with Gasteiger partial charge in [-0.05, 0) is 51.8 Å². The molecule has 1 atom stereocenters. The van der Waals surface area contributed by atoms with Crippen LogP contribution in [0.2, 0.25) is 0 Å². The predicted molar refractivity (Wildman–Crippen MR) is 90.3 cm³/mol. The first-order valence-corrected chi connectivity index (χ1v) is 8.18. The third-order valence-corrected chi connectivity index (χ3v) is 3.80. The first kappa shape index (κ1) is 18.7. The Bertz CT molecular complexity index is 706. The SMILES string of the molecule is CC(C)(C)OC(=O)N1CCCC(C(=O)Nc2cc(C#N)ccc2F)C1. The maximum atomic E-state index is 13.8. The molecule has 2 rings (SSSR count). The highest BCUT2D eigenvalue weighted by molar-refractivity contribution is 5.93. The zero-order chi connectivity index (χ0) is 18.6. The molecule has 0 bridgehead atoms. The first-order chi connectivity index (χ1) is 11.7. The molecule has 0 radical (unpaired) electrons. The van der Waals surface area contributed by atoms with E-state index in [0.29, 0.717) is 19.4 Å². The molecule has 134 valence electrons. The van der Waals surface area contributed by atoms with Crippen LogP contribution in [0.25, 0.3) is 0 Å². The molecule has 1 aliphatic heterocycles. The highest BCUT2D eigenvalue weighted by Crippen LogP contribution is 2.22. The summed E-state index contributed by atoms with van der Waals surface area (Å²) in [4.78, 5) is 26.1. The fourth-order valence-electron chi connectivity index (χ4n) is 2.61. The van der Waals surface area contributed by atoms with Gasteiger partial charge >= 0.3 is 6.09 Å². The Kier molecular flexibility index (Phi) is 5.62. The van der Waals surface area contributed by atoms with Gasteiger partial charge in [-0.2, -0.15) is 5.26 Å². The van der Waals surface area contributed by atoms with E-state index in [1.54, 1.807) is 20.8 Å². The van der Waals surface area contributed by atoms with Gasteiger partial charge in [-0.1, -0.05) is 0 Å². The molecule has 6 nitrogen and oxygen atoms in total. The van der Waals surface area contributed by atoms with Crippen molar-refractivity contribution in [3.8, 4) is 6.07 Å². The van der Waals surface area contributed by atoms with Crippen molar-refractivity contribution >= 4 is 17.7 Å². The molecule has 1 aliphatic rings. The molecule has 1 N–H and O–H groups in total. The third-order valence-electron chi connectivity index (χ3n) is 3.80. The Balaban J connectivity index is 2.02. The second-order valence-corrected chi connectivity index (χ2v) is 7.06. The smallest absolute Gasteiger partial charge is 0.410 e. The van der Waals surface area contributed by atoms with Crippen LogP contribution in [0.1, 0.15) is 39.2 Å². The van der Waals surface area contributed by atoms with Gasteiger partial charge in [0.25, 0.3) is 0 Å². The van der Waals surface area contributed by atoms with E-state index >= 15 is 0 Å². The van der Waals surface area contributed by atoms with Crippen molar-refractivity contribution in [1.29, 1.82) is 5.26 Å². The van der Waals surface area contributed by atoms with Crippen molar-refractivity contribution in [2.45, 2.75) is 39.2 Å². The van der Waals surface area contributed by atoms with Gasteiger partial charge in [0, 0.05) is 13.1 Å². The van der Waals surface area contributed by atoms with Crippen molar-refractivity contribution in [1.82, 2.24) is 4.90 Å². The molecule has 1 fully saturated rings. The number of amides is 2. The molecule has 0 aliphatic carbocycles. The van der Waals surface area contributed by atoms with Crippen LogP contribution >= 0.6 is 0 Å². The molecule has 1 saturated heterocycles. The maximum Gasteiger partial charge on any atom is 0.410 e. The number of nitrogens with one attached hydrogen (secondary N) is 1. The molecule has 0 aromatic heterocycles. The van der Waals surface area contributed by atoms with Crippen LogP contribution in [-0.2, 0) is 9.53 Å². The number of carbonyl (C=O) groups excluding carboxylic acids is 2. The number of nitrogens with zero attached hydrogens (tertiary/aromatic N) is 2. The van der Waals surface area contributed by atoms with Gasteiger partial charge in [-0.3, -0.25) is 4.79 Å². The van der Waals surface area contributed by atoms with Crippen molar-refractivity contribution in [3.63, 3.8) is 0 Å². The van der Waals surface area contributed by atoms with Crippen molar-refractivity contribution < 1.29 is 18.7 Å². The molecular formula is C18H22FN3O3. The quantitative estimate of drug-likeness (QED) is 0.890. The second-order valence-electron chi connectivity index (χ2n) is 7.06. The van der Waals surface area contributed by atoms with Crippen LogP contribution in [0, 0.1) is 23.1 Å². The lowest BCUT2D eigenvalue weighted by Crippen LogP contribution is -2.45. The number of rotatable bonds is 2. The van der Waals surface area contributed by atoms with E-state index in [4.69, 9.17) is 10.00 Å². The summed E-state index contributed by atoms with van der Waals surface area (Å²) < 4.78 is 19.1. The number of anilines is 1. The summed E-state index contributed by atoms with van der Waals surface area (Å²) in [5.41, 5.74) is -0.373. The van der Waals surface area contributed by atoms with Crippen LogP contribution < -0.4 is 5.32 Å².